The van der Waals surface area contributed by atoms with Crippen LogP contribution in [0.4, 0.5) is 11.4 Å². The summed E-state index contributed by atoms with van der Waals surface area (Å²) in [6.07, 6.45) is -0.500. The van der Waals surface area contributed by atoms with Gasteiger partial charge in [-0.15, -0.1) is 0 Å². The number of nitrogens with two attached hydrogens (primary N) is 1. The molecule has 1 atom stereocenters. The number of carbonyl (C=O) groups excluding carboxylic acids is 1. The first-order valence-corrected chi connectivity index (χ1v) is 5.82. The van der Waals surface area contributed by atoms with Crippen molar-refractivity contribution >= 4 is 39.2 Å². The highest BCUT2D eigenvalue weighted by atomic mass is 79.9. The van der Waals surface area contributed by atoms with Crippen LogP contribution in [0.25, 0.3) is 0 Å². The topological polar surface area (TPSA) is 136 Å². The molecule has 0 aliphatic carbocycles. The normalized spacial score (nSPS) is 11.7. The highest BCUT2D eigenvalue weighted by molar-refractivity contribution is 9.10. The molecule has 1 aromatic rings. The van der Waals surface area contributed by atoms with Gasteiger partial charge in [-0.3, -0.25) is 19.7 Å². The molecule has 1 amide bonds. The molecule has 0 saturated carbocycles. The number of nitro benzene ring substituents is 1. The summed E-state index contributed by atoms with van der Waals surface area (Å²) in [5.74, 6) is -1.87. The molecule has 0 aliphatic heterocycles. The first-order valence-electron chi connectivity index (χ1n) is 5.03. The van der Waals surface area contributed by atoms with Gasteiger partial charge in [-0.1, -0.05) is 0 Å². The largest absolute Gasteiger partial charge is 0.481 e. The molecule has 0 heterocycles. The van der Waals surface area contributed by atoms with Crippen molar-refractivity contribution in [3.05, 3.63) is 32.8 Å². The molecule has 1 unspecified atom stereocenters. The van der Waals surface area contributed by atoms with E-state index < -0.39 is 29.3 Å². The summed E-state index contributed by atoms with van der Waals surface area (Å²) in [5, 5.41) is 21.5. The average Bonchev–Trinajstić information content (AvgIpc) is 2.27. The molecule has 0 aromatic heterocycles. The van der Waals surface area contributed by atoms with Gasteiger partial charge >= 0.3 is 5.97 Å². The van der Waals surface area contributed by atoms with E-state index in [1.165, 1.54) is 18.2 Å². The molecule has 0 saturated heterocycles. The number of aliphatic carboxylic acids is 1. The SMILES string of the molecule is NC(CC(=O)O)C(=O)Nc1ccc([N+](=O)[O-])c(Br)c1. The van der Waals surface area contributed by atoms with E-state index in [0.29, 0.717) is 0 Å². The molecular formula is C10H10BrN3O5. The second kappa shape index (κ2) is 6.25. The maximum atomic E-state index is 11.5. The zero-order valence-corrected chi connectivity index (χ0v) is 11.1. The van der Waals surface area contributed by atoms with Crippen LogP contribution in [0.3, 0.4) is 0 Å². The standard InChI is InChI=1S/C10H10BrN3O5/c11-6-3-5(1-2-8(6)14(18)19)13-10(17)7(12)4-9(15)16/h1-3,7H,4,12H2,(H,13,17)(H,15,16). The lowest BCUT2D eigenvalue weighted by atomic mass is 10.2. The van der Waals surface area contributed by atoms with Crippen molar-refractivity contribution in [2.24, 2.45) is 5.73 Å². The van der Waals surface area contributed by atoms with Gasteiger partial charge in [0.05, 0.1) is 21.9 Å². The third kappa shape index (κ3) is 4.30. The molecule has 0 aliphatic rings. The fourth-order valence-electron chi connectivity index (χ4n) is 1.25. The first kappa shape index (κ1) is 15.1. The summed E-state index contributed by atoms with van der Waals surface area (Å²) in [4.78, 5) is 31.9. The van der Waals surface area contributed by atoms with Crippen LogP contribution in [-0.2, 0) is 9.59 Å². The Hall–Kier alpha value is -2.00. The number of rotatable bonds is 5. The number of hydrogen-bond acceptors (Lipinski definition) is 5. The lowest BCUT2D eigenvalue weighted by molar-refractivity contribution is -0.385. The van der Waals surface area contributed by atoms with Crippen LogP contribution in [-0.4, -0.2) is 27.9 Å². The third-order valence-corrected chi connectivity index (χ3v) is 2.78. The molecular weight excluding hydrogens is 322 g/mol. The van der Waals surface area contributed by atoms with E-state index in [-0.39, 0.29) is 15.8 Å². The Kier molecular flexibility index (Phi) is 4.95. The third-order valence-electron chi connectivity index (χ3n) is 2.14. The fourth-order valence-corrected chi connectivity index (χ4v) is 1.77. The highest BCUT2D eigenvalue weighted by Gasteiger charge is 2.18. The highest BCUT2D eigenvalue weighted by Crippen LogP contribution is 2.27. The molecule has 1 rings (SSSR count). The number of nitrogens with zero attached hydrogens (tertiary/aromatic N) is 1. The van der Waals surface area contributed by atoms with Crippen molar-refractivity contribution in [2.45, 2.75) is 12.5 Å². The van der Waals surface area contributed by atoms with Crippen molar-refractivity contribution in [3.63, 3.8) is 0 Å². The van der Waals surface area contributed by atoms with Crippen LogP contribution in [0.5, 0.6) is 0 Å². The van der Waals surface area contributed by atoms with Gasteiger partial charge in [0, 0.05) is 11.8 Å². The molecule has 8 nitrogen and oxygen atoms in total. The minimum Gasteiger partial charge on any atom is -0.481 e. The van der Waals surface area contributed by atoms with E-state index in [9.17, 15) is 19.7 Å². The smallest absolute Gasteiger partial charge is 0.305 e. The van der Waals surface area contributed by atoms with Gasteiger partial charge in [-0.05, 0) is 28.1 Å². The van der Waals surface area contributed by atoms with Crippen LogP contribution in [0.2, 0.25) is 0 Å². The Bertz CT molecular complexity index is 534. The van der Waals surface area contributed by atoms with E-state index in [0.717, 1.165) is 0 Å². The Labute approximate surface area is 115 Å². The fraction of sp³-hybridized carbons (Fsp3) is 0.200. The van der Waals surface area contributed by atoms with E-state index in [4.69, 9.17) is 10.8 Å². The van der Waals surface area contributed by atoms with Crippen molar-refractivity contribution in [1.29, 1.82) is 0 Å². The number of benzene rings is 1. The average molecular weight is 332 g/mol. The Balaban J connectivity index is 2.78. The van der Waals surface area contributed by atoms with Gasteiger partial charge < -0.3 is 16.2 Å². The number of carbonyl (C=O) groups is 2. The molecule has 0 fully saturated rings. The number of anilines is 1. The van der Waals surface area contributed by atoms with Crippen molar-refractivity contribution < 1.29 is 19.6 Å². The van der Waals surface area contributed by atoms with Gasteiger partial charge in [-0.25, -0.2) is 0 Å². The van der Waals surface area contributed by atoms with Crippen molar-refractivity contribution in [3.8, 4) is 0 Å². The predicted molar refractivity (Wildman–Crippen MR) is 69.7 cm³/mol. The van der Waals surface area contributed by atoms with Crippen LogP contribution in [0, 0.1) is 10.1 Å². The van der Waals surface area contributed by atoms with Gasteiger partial charge in [0.2, 0.25) is 5.91 Å². The van der Waals surface area contributed by atoms with Gasteiger partial charge in [-0.2, -0.15) is 0 Å². The number of halogens is 1. The molecule has 4 N–H and O–H groups in total. The van der Waals surface area contributed by atoms with Crippen LogP contribution < -0.4 is 11.1 Å². The summed E-state index contributed by atoms with van der Waals surface area (Å²) in [7, 11) is 0. The maximum absolute atomic E-state index is 11.5. The van der Waals surface area contributed by atoms with Gasteiger partial charge in [0.25, 0.3) is 5.69 Å². The number of amides is 1. The first-order chi connectivity index (χ1) is 8.81. The number of nitro groups is 1. The molecule has 0 radical (unpaired) electrons. The summed E-state index contributed by atoms with van der Waals surface area (Å²) < 4.78 is 0.196. The quantitative estimate of drug-likeness (QED) is 0.546. The minimum absolute atomic E-state index is 0.146. The van der Waals surface area contributed by atoms with E-state index in [2.05, 4.69) is 21.2 Å². The van der Waals surface area contributed by atoms with E-state index >= 15 is 0 Å². The minimum atomic E-state index is -1.19. The summed E-state index contributed by atoms with van der Waals surface area (Å²) in [6, 6.07) is 2.69. The molecule has 19 heavy (non-hydrogen) atoms. The van der Waals surface area contributed by atoms with E-state index in [1.807, 2.05) is 0 Å². The van der Waals surface area contributed by atoms with Crippen molar-refractivity contribution in [2.75, 3.05) is 5.32 Å². The van der Waals surface area contributed by atoms with Crippen LogP contribution in [0.1, 0.15) is 6.42 Å². The molecule has 1 aromatic carbocycles. The van der Waals surface area contributed by atoms with Gasteiger partial charge in [0.1, 0.15) is 0 Å². The summed E-state index contributed by atoms with van der Waals surface area (Å²) >= 11 is 3.00. The van der Waals surface area contributed by atoms with Crippen LogP contribution >= 0.6 is 15.9 Å². The van der Waals surface area contributed by atoms with E-state index in [1.54, 1.807) is 0 Å². The summed E-state index contributed by atoms with van der Waals surface area (Å²) in [6.45, 7) is 0. The molecule has 102 valence electrons. The number of carboxylic acid groups (broad SMARTS) is 1. The monoisotopic (exact) mass is 331 g/mol. The Morgan fingerprint density at radius 1 is 1.53 bits per heavy atom. The Morgan fingerprint density at radius 3 is 2.63 bits per heavy atom. The molecule has 0 bridgehead atoms. The van der Waals surface area contributed by atoms with Crippen molar-refractivity contribution in [1.82, 2.24) is 0 Å². The molecule has 0 spiro atoms. The lowest BCUT2D eigenvalue weighted by Crippen LogP contribution is -2.37. The summed E-state index contributed by atoms with van der Waals surface area (Å²) in [5.41, 5.74) is 5.50. The second-order valence-corrected chi connectivity index (χ2v) is 4.47. The van der Waals surface area contributed by atoms with Gasteiger partial charge in [0.15, 0.2) is 0 Å². The predicted octanol–water partition coefficient (Wildman–Crippen LogP) is 1.10. The second-order valence-electron chi connectivity index (χ2n) is 3.62. The zero-order valence-electron chi connectivity index (χ0n) is 9.50. The maximum Gasteiger partial charge on any atom is 0.305 e. The van der Waals surface area contributed by atoms with Crippen LogP contribution in [0.15, 0.2) is 22.7 Å². The Morgan fingerprint density at radius 2 is 2.16 bits per heavy atom. The number of carboxylic acids is 1. The lowest BCUT2D eigenvalue weighted by Gasteiger charge is -2.10. The number of nitrogens with one attached hydrogen (secondary N) is 1. The zero-order chi connectivity index (χ0) is 14.6. The molecule has 9 heteroatoms. The number of hydrogen-bond donors (Lipinski definition) is 3.